The standard InChI is InChI=1S/C15H16F2N8O/c16-15(17)1-4-23(5-2-15)13-7-14(19-10-18-13)25-12(9-26)11(8-21-25)24-6-3-20-22-24/h3,6-10,12,21H,1-2,4-5H2. The highest BCUT2D eigenvalue weighted by molar-refractivity contribution is 5.83. The molecular weight excluding hydrogens is 346 g/mol. The number of hydrazine groups is 1. The van der Waals surface area contributed by atoms with Crippen LogP contribution < -0.4 is 15.3 Å². The number of nitrogens with zero attached hydrogens (tertiary/aromatic N) is 7. The normalized spacial score (nSPS) is 22.1. The van der Waals surface area contributed by atoms with E-state index in [-0.39, 0.29) is 25.9 Å². The van der Waals surface area contributed by atoms with E-state index in [9.17, 15) is 13.6 Å². The van der Waals surface area contributed by atoms with Crippen molar-refractivity contribution < 1.29 is 13.6 Å². The molecule has 0 radical (unpaired) electrons. The Kier molecular flexibility index (Phi) is 3.98. The molecule has 2 aliphatic heterocycles. The van der Waals surface area contributed by atoms with E-state index in [0.717, 1.165) is 6.29 Å². The number of halogens is 2. The lowest BCUT2D eigenvalue weighted by Gasteiger charge is -2.33. The first-order valence-corrected chi connectivity index (χ1v) is 8.10. The third-order valence-corrected chi connectivity index (χ3v) is 4.45. The van der Waals surface area contributed by atoms with E-state index >= 15 is 0 Å². The average Bonchev–Trinajstić information content (AvgIpc) is 3.30. The second-order valence-corrected chi connectivity index (χ2v) is 6.07. The molecule has 1 saturated heterocycles. The number of anilines is 2. The number of hydrogen-bond donors (Lipinski definition) is 1. The van der Waals surface area contributed by atoms with Gasteiger partial charge in [-0.05, 0) is 0 Å². The van der Waals surface area contributed by atoms with Crippen LogP contribution in [0.5, 0.6) is 0 Å². The molecule has 0 aromatic carbocycles. The Morgan fingerprint density at radius 2 is 2.00 bits per heavy atom. The van der Waals surface area contributed by atoms with E-state index < -0.39 is 12.0 Å². The van der Waals surface area contributed by atoms with E-state index in [4.69, 9.17) is 0 Å². The van der Waals surface area contributed by atoms with Gasteiger partial charge in [0.05, 0.1) is 18.1 Å². The summed E-state index contributed by atoms with van der Waals surface area (Å²) in [6.45, 7) is 0.437. The lowest BCUT2D eigenvalue weighted by atomic mass is 10.1. The fraction of sp³-hybridized carbons (Fsp3) is 0.400. The van der Waals surface area contributed by atoms with Gasteiger partial charge in [0.2, 0.25) is 0 Å². The number of carbonyl (C=O) groups is 1. The molecule has 0 spiro atoms. The summed E-state index contributed by atoms with van der Waals surface area (Å²) in [5.41, 5.74) is 3.57. The van der Waals surface area contributed by atoms with E-state index in [2.05, 4.69) is 25.7 Å². The molecule has 1 N–H and O–H groups in total. The Morgan fingerprint density at radius 3 is 2.69 bits per heavy atom. The number of alkyl halides is 2. The van der Waals surface area contributed by atoms with Crippen LogP contribution in [0.1, 0.15) is 12.8 Å². The van der Waals surface area contributed by atoms with Crippen molar-refractivity contribution in [1.29, 1.82) is 0 Å². The SMILES string of the molecule is O=CC1C(n2ccnn2)=CNN1c1cc(N2CCC(F)(F)CC2)ncn1. The van der Waals surface area contributed by atoms with Gasteiger partial charge in [-0.15, -0.1) is 5.10 Å². The molecule has 1 fully saturated rings. The second-order valence-electron chi connectivity index (χ2n) is 6.07. The number of piperidine rings is 1. The van der Waals surface area contributed by atoms with Gasteiger partial charge in [0.25, 0.3) is 5.92 Å². The van der Waals surface area contributed by atoms with Gasteiger partial charge in [-0.3, -0.25) is 5.01 Å². The minimum atomic E-state index is -2.62. The van der Waals surface area contributed by atoms with Gasteiger partial charge in [-0.25, -0.2) is 23.4 Å². The Morgan fingerprint density at radius 1 is 1.23 bits per heavy atom. The van der Waals surface area contributed by atoms with E-state index in [1.165, 1.54) is 17.2 Å². The molecular formula is C15H16F2N8O. The Hall–Kier alpha value is -3.11. The van der Waals surface area contributed by atoms with Crippen molar-refractivity contribution in [1.82, 2.24) is 30.4 Å². The molecule has 0 amide bonds. The minimum absolute atomic E-state index is 0.205. The van der Waals surface area contributed by atoms with Gasteiger partial charge < -0.3 is 15.1 Å². The summed E-state index contributed by atoms with van der Waals surface area (Å²) in [6.07, 6.45) is 6.49. The molecule has 26 heavy (non-hydrogen) atoms. The van der Waals surface area contributed by atoms with Crippen molar-refractivity contribution in [3.05, 3.63) is 31.0 Å². The van der Waals surface area contributed by atoms with Gasteiger partial charge in [0, 0.05) is 38.2 Å². The molecule has 0 aliphatic carbocycles. The zero-order chi connectivity index (χ0) is 18.1. The van der Waals surface area contributed by atoms with E-state index in [1.54, 1.807) is 28.4 Å². The summed E-state index contributed by atoms with van der Waals surface area (Å²) in [4.78, 5) is 21.8. The van der Waals surface area contributed by atoms with Crippen molar-refractivity contribution in [2.45, 2.75) is 24.8 Å². The second kappa shape index (κ2) is 6.32. The van der Waals surface area contributed by atoms with Crippen LogP contribution in [0.4, 0.5) is 20.4 Å². The highest BCUT2D eigenvalue weighted by Gasteiger charge is 2.35. The topological polar surface area (TPSA) is 92.1 Å². The van der Waals surface area contributed by atoms with Crippen molar-refractivity contribution in [2.24, 2.45) is 0 Å². The van der Waals surface area contributed by atoms with Gasteiger partial charge in [-0.2, -0.15) is 0 Å². The highest BCUT2D eigenvalue weighted by atomic mass is 19.3. The molecule has 136 valence electrons. The van der Waals surface area contributed by atoms with Crippen LogP contribution in [0.3, 0.4) is 0 Å². The maximum atomic E-state index is 13.4. The quantitative estimate of drug-likeness (QED) is 0.795. The fourth-order valence-corrected chi connectivity index (χ4v) is 3.03. The van der Waals surface area contributed by atoms with Crippen LogP contribution in [0, 0.1) is 0 Å². The number of rotatable bonds is 4. The number of carbonyl (C=O) groups excluding carboxylic acids is 1. The Labute approximate surface area is 147 Å². The van der Waals surface area contributed by atoms with Crippen molar-refractivity contribution >= 4 is 23.6 Å². The van der Waals surface area contributed by atoms with Crippen LogP contribution in [0.2, 0.25) is 0 Å². The van der Waals surface area contributed by atoms with Crippen LogP contribution in [0.25, 0.3) is 5.70 Å². The minimum Gasteiger partial charge on any atom is -0.356 e. The molecule has 11 heteroatoms. The summed E-state index contributed by atoms with van der Waals surface area (Å²) >= 11 is 0. The average molecular weight is 362 g/mol. The van der Waals surface area contributed by atoms with Gasteiger partial charge in [0.15, 0.2) is 18.1 Å². The zero-order valence-corrected chi connectivity index (χ0v) is 13.7. The number of aldehydes is 1. The molecule has 4 rings (SSSR count). The first-order valence-electron chi connectivity index (χ1n) is 8.10. The van der Waals surface area contributed by atoms with E-state index in [0.29, 0.717) is 17.3 Å². The summed E-state index contributed by atoms with van der Waals surface area (Å²) in [6, 6.07) is 1.01. The monoisotopic (exact) mass is 362 g/mol. The molecule has 1 atom stereocenters. The lowest BCUT2D eigenvalue weighted by molar-refractivity contribution is -0.108. The first-order chi connectivity index (χ1) is 12.6. The molecule has 2 aromatic rings. The van der Waals surface area contributed by atoms with Gasteiger partial charge in [0.1, 0.15) is 12.1 Å². The lowest BCUT2D eigenvalue weighted by Crippen LogP contribution is -2.42. The summed E-state index contributed by atoms with van der Waals surface area (Å²) in [5.74, 6) is -1.62. The molecule has 9 nitrogen and oxygen atoms in total. The third-order valence-electron chi connectivity index (χ3n) is 4.45. The zero-order valence-electron chi connectivity index (χ0n) is 13.7. The Balaban J connectivity index is 1.55. The molecule has 2 aromatic heterocycles. The van der Waals surface area contributed by atoms with Crippen molar-refractivity contribution in [2.75, 3.05) is 23.0 Å². The summed E-state index contributed by atoms with van der Waals surface area (Å²) in [7, 11) is 0. The van der Waals surface area contributed by atoms with Gasteiger partial charge >= 0.3 is 0 Å². The first kappa shape index (κ1) is 16.4. The highest BCUT2D eigenvalue weighted by Crippen LogP contribution is 2.31. The molecule has 2 aliphatic rings. The molecule has 0 bridgehead atoms. The maximum absolute atomic E-state index is 13.4. The molecule has 0 saturated carbocycles. The van der Waals surface area contributed by atoms with Crippen LogP contribution in [-0.4, -0.2) is 56.3 Å². The van der Waals surface area contributed by atoms with E-state index in [1.807, 2.05) is 0 Å². The summed E-state index contributed by atoms with van der Waals surface area (Å²) in [5, 5.41) is 9.19. The smallest absolute Gasteiger partial charge is 0.251 e. The van der Waals surface area contributed by atoms with Crippen LogP contribution >= 0.6 is 0 Å². The Bertz CT molecular complexity index is 815. The van der Waals surface area contributed by atoms with Crippen molar-refractivity contribution in [3.8, 4) is 0 Å². The largest absolute Gasteiger partial charge is 0.356 e. The molecule has 1 unspecified atom stereocenters. The van der Waals surface area contributed by atoms with Crippen LogP contribution in [0.15, 0.2) is 31.0 Å². The molecule has 4 heterocycles. The number of hydrogen-bond acceptors (Lipinski definition) is 8. The number of aromatic nitrogens is 5. The van der Waals surface area contributed by atoms with Crippen molar-refractivity contribution in [3.63, 3.8) is 0 Å². The fourth-order valence-electron chi connectivity index (χ4n) is 3.03. The predicted octanol–water partition coefficient (Wildman–Crippen LogP) is 0.694. The predicted molar refractivity (Wildman–Crippen MR) is 88.2 cm³/mol. The third kappa shape index (κ3) is 2.95. The summed E-state index contributed by atoms with van der Waals surface area (Å²) < 4.78 is 28.2. The van der Waals surface area contributed by atoms with Gasteiger partial charge in [-0.1, -0.05) is 5.21 Å². The van der Waals surface area contributed by atoms with Crippen LogP contribution in [-0.2, 0) is 4.79 Å². The maximum Gasteiger partial charge on any atom is 0.251 e. The number of nitrogens with one attached hydrogen (secondary N) is 1.